The fourth-order valence-corrected chi connectivity index (χ4v) is 1.33. The first kappa shape index (κ1) is 10.5. The molecule has 1 heterocycles. The van der Waals surface area contributed by atoms with Gasteiger partial charge in [-0.05, 0) is 12.1 Å². The molecule has 0 aromatic carbocycles. The molecule has 13 heavy (non-hydrogen) atoms. The molecule has 1 rings (SSSR count). The average molecular weight is 196 g/mol. The normalized spacial score (nSPS) is 11.6. The van der Waals surface area contributed by atoms with Crippen molar-refractivity contribution in [1.29, 1.82) is 0 Å². The van der Waals surface area contributed by atoms with Gasteiger partial charge in [0.2, 0.25) is 0 Å². The zero-order chi connectivity index (χ0) is 9.73. The van der Waals surface area contributed by atoms with Gasteiger partial charge in [0, 0.05) is 29.7 Å². The molecule has 0 radical (unpaired) electrons. The second kappa shape index (κ2) is 4.63. The summed E-state index contributed by atoms with van der Waals surface area (Å²) >= 11 is 4.11. The lowest BCUT2D eigenvalue weighted by Crippen LogP contribution is -2.33. The van der Waals surface area contributed by atoms with Crippen molar-refractivity contribution in [2.24, 2.45) is 0 Å². The third-order valence-electron chi connectivity index (χ3n) is 2.04. The molecule has 2 nitrogen and oxygen atoms in total. The van der Waals surface area contributed by atoms with Gasteiger partial charge in [0.05, 0.1) is 0 Å². The molecule has 1 aromatic rings. The molecule has 3 heteroatoms. The number of rotatable bonds is 4. The van der Waals surface area contributed by atoms with Crippen molar-refractivity contribution in [2.45, 2.75) is 19.3 Å². The Kier molecular flexibility index (Phi) is 3.75. The maximum Gasteiger partial charge on any atom is 0.0472 e. The zero-order valence-electron chi connectivity index (χ0n) is 8.12. The van der Waals surface area contributed by atoms with E-state index >= 15 is 0 Å². The van der Waals surface area contributed by atoms with Crippen molar-refractivity contribution in [3.63, 3.8) is 0 Å². The summed E-state index contributed by atoms with van der Waals surface area (Å²) in [6.07, 6.45) is 1.83. The first-order valence-corrected chi connectivity index (χ1v) is 5.03. The highest BCUT2D eigenvalue weighted by Gasteiger charge is 2.20. The fourth-order valence-electron chi connectivity index (χ4n) is 1.22. The summed E-state index contributed by atoms with van der Waals surface area (Å²) in [5.74, 6) is 0.705. The van der Waals surface area contributed by atoms with Gasteiger partial charge in [0.25, 0.3) is 0 Å². The Hall–Kier alpha value is -0.540. The summed E-state index contributed by atoms with van der Waals surface area (Å²) in [5, 5.41) is 3.21. The quantitative estimate of drug-likeness (QED) is 0.567. The summed E-state index contributed by atoms with van der Waals surface area (Å²) < 4.78 is 0. The van der Waals surface area contributed by atoms with Crippen LogP contribution in [-0.4, -0.2) is 17.4 Å². The summed E-state index contributed by atoms with van der Waals surface area (Å²) in [5.41, 5.74) is 1.19. The number of hydrogen-bond donors (Lipinski definition) is 2. The Morgan fingerprint density at radius 2 is 2.23 bits per heavy atom. The van der Waals surface area contributed by atoms with Crippen LogP contribution in [0.2, 0.25) is 0 Å². The van der Waals surface area contributed by atoms with E-state index in [1.54, 1.807) is 0 Å². The molecule has 0 aliphatic rings. The van der Waals surface area contributed by atoms with Gasteiger partial charge in [-0.1, -0.05) is 19.9 Å². The Morgan fingerprint density at radius 1 is 1.46 bits per heavy atom. The van der Waals surface area contributed by atoms with Gasteiger partial charge in [-0.3, -0.25) is 4.98 Å². The van der Waals surface area contributed by atoms with Gasteiger partial charge >= 0.3 is 0 Å². The van der Waals surface area contributed by atoms with Gasteiger partial charge in [-0.25, -0.2) is 0 Å². The van der Waals surface area contributed by atoms with Crippen molar-refractivity contribution in [1.82, 2.24) is 10.3 Å². The van der Waals surface area contributed by atoms with E-state index in [1.807, 2.05) is 18.3 Å². The molecule has 0 spiro atoms. The number of nitrogens with zero attached hydrogens (tertiary/aromatic N) is 1. The van der Waals surface area contributed by atoms with Crippen molar-refractivity contribution in [3.8, 4) is 0 Å². The number of thiol groups is 1. The minimum Gasteiger partial charge on any atom is -0.307 e. The smallest absolute Gasteiger partial charge is 0.0472 e. The lowest BCUT2D eigenvalue weighted by Gasteiger charge is -2.23. The van der Waals surface area contributed by atoms with Crippen molar-refractivity contribution in [2.75, 3.05) is 12.4 Å². The van der Waals surface area contributed by atoms with Crippen LogP contribution in [-0.2, 0) is 5.41 Å². The molecule has 0 fully saturated rings. The molecule has 0 atom stereocenters. The highest BCUT2D eigenvalue weighted by Crippen LogP contribution is 2.19. The number of aromatic nitrogens is 1. The Bertz CT molecular complexity index is 246. The van der Waals surface area contributed by atoms with Crippen LogP contribution in [0.25, 0.3) is 0 Å². The summed E-state index contributed by atoms with van der Waals surface area (Å²) in [6.45, 7) is 5.24. The SMILES string of the molecule is CC(C)(CNCS)c1ccccn1. The van der Waals surface area contributed by atoms with E-state index in [1.165, 1.54) is 0 Å². The van der Waals surface area contributed by atoms with Crippen LogP contribution in [0.3, 0.4) is 0 Å². The Balaban J connectivity index is 2.69. The highest BCUT2D eigenvalue weighted by atomic mass is 32.1. The van der Waals surface area contributed by atoms with Crippen molar-refractivity contribution >= 4 is 12.6 Å². The van der Waals surface area contributed by atoms with Crippen LogP contribution in [0, 0.1) is 0 Å². The van der Waals surface area contributed by atoms with Gasteiger partial charge in [-0.15, -0.1) is 0 Å². The van der Waals surface area contributed by atoms with Crippen LogP contribution in [0.15, 0.2) is 24.4 Å². The van der Waals surface area contributed by atoms with E-state index in [-0.39, 0.29) is 5.41 Å². The maximum atomic E-state index is 4.34. The Labute approximate surface area is 85.2 Å². The monoisotopic (exact) mass is 196 g/mol. The predicted molar refractivity (Wildman–Crippen MR) is 59.1 cm³/mol. The summed E-state index contributed by atoms with van der Waals surface area (Å²) in [6, 6.07) is 6.01. The topological polar surface area (TPSA) is 24.9 Å². The van der Waals surface area contributed by atoms with Crippen molar-refractivity contribution < 1.29 is 0 Å². The molecule has 0 amide bonds. The largest absolute Gasteiger partial charge is 0.307 e. The highest BCUT2D eigenvalue weighted by molar-refractivity contribution is 7.80. The summed E-state index contributed by atoms with van der Waals surface area (Å²) in [4.78, 5) is 4.34. The standard InChI is InChI=1S/C10H16N2S/c1-10(2,7-11-8-13)9-5-3-4-6-12-9/h3-6,11,13H,7-8H2,1-2H3. The van der Waals surface area contributed by atoms with E-state index in [9.17, 15) is 0 Å². The molecule has 0 unspecified atom stereocenters. The van der Waals surface area contributed by atoms with Crippen LogP contribution >= 0.6 is 12.6 Å². The molecule has 72 valence electrons. The molecule has 0 bridgehead atoms. The van der Waals surface area contributed by atoms with E-state index in [4.69, 9.17) is 0 Å². The minimum absolute atomic E-state index is 0.0734. The predicted octanol–water partition coefficient (Wildman–Crippen LogP) is 1.84. The van der Waals surface area contributed by atoms with Crippen LogP contribution in [0.1, 0.15) is 19.5 Å². The third-order valence-corrected chi connectivity index (χ3v) is 2.26. The van der Waals surface area contributed by atoms with Gasteiger partial charge < -0.3 is 5.32 Å². The van der Waals surface area contributed by atoms with Gasteiger partial charge in [0.1, 0.15) is 0 Å². The zero-order valence-corrected chi connectivity index (χ0v) is 9.01. The molecular formula is C10H16N2S. The molecule has 0 aliphatic carbocycles. The Morgan fingerprint density at radius 3 is 2.77 bits per heavy atom. The molecule has 0 saturated carbocycles. The van der Waals surface area contributed by atoms with E-state index in [2.05, 4.69) is 42.8 Å². The second-order valence-electron chi connectivity index (χ2n) is 3.68. The summed E-state index contributed by atoms with van der Waals surface area (Å²) in [7, 11) is 0. The lowest BCUT2D eigenvalue weighted by atomic mass is 9.89. The molecule has 1 aromatic heterocycles. The van der Waals surface area contributed by atoms with Gasteiger partial charge in [0.15, 0.2) is 0 Å². The van der Waals surface area contributed by atoms with Crippen LogP contribution in [0.4, 0.5) is 0 Å². The molecular weight excluding hydrogens is 180 g/mol. The first-order valence-electron chi connectivity index (χ1n) is 4.40. The first-order chi connectivity index (χ1) is 6.17. The number of nitrogens with one attached hydrogen (secondary N) is 1. The van der Waals surface area contributed by atoms with Crippen LogP contribution in [0.5, 0.6) is 0 Å². The molecule has 1 N–H and O–H groups in total. The molecule has 0 saturated heterocycles. The van der Waals surface area contributed by atoms with E-state index in [0.29, 0.717) is 5.88 Å². The number of hydrogen-bond acceptors (Lipinski definition) is 3. The average Bonchev–Trinajstić information content (AvgIpc) is 2.16. The van der Waals surface area contributed by atoms with Crippen molar-refractivity contribution in [3.05, 3.63) is 30.1 Å². The van der Waals surface area contributed by atoms with E-state index < -0.39 is 0 Å². The minimum atomic E-state index is 0.0734. The maximum absolute atomic E-state index is 4.34. The fraction of sp³-hybridized carbons (Fsp3) is 0.500. The van der Waals surface area contributed by atoms with Crippen LogP contribution < -0.4 is 5.32 Å². The second-order valence-corrected chi connectivity index (χ2v) is 4.00. The lowest BCUT2D eigenvalue weighted by molar-refractivity contribution is 0.477. The molecule has 0 aliphatic heterocycles. The van der Waals surface area contributed by atoms with E-state index in [0.717, 1.165) is 12.2 Å². The number of pyridine rings is 1. The third kappa shape index (κ3) is 3.01. The van der Waals surface area contributed by atoms with Gasteiger partial charge in [-0.2, -0.15) is 12.6 Å².